The van der Waals surface area contributed by atoms with Crippen LogP contribution in [0, 0.1) is 0 Å². The van der Waals surface area contributed by atoms with Crippen molar-refractivity contribution < 1.29 is 5.11 Å². The molecule has 0 amide bonds. The fraction of sp³-hybridized carbons (Fsp3) is 0.312. The Morgan fingerprint density at radius 2 is 2.09 bits per heavy atom. The molecule has 1 aliphatic heterocycles. The smallest absolute Gasteiger partial charge is 0.327 e. The molecule has 1 saturated heterocycles. The van der Waals surface area contributed by atoms with Gasteiger partial charge in [0.05, 0.1) is 6.20 Å². The Morgan fingerprint density at radius 3 is 2.87 bits per heavy atom. The van der Waals surface area contributed by atoms with Gasteiger partial charge in [-0.3, -0.25) is 4.57 Å². The normalized spacial score (nSPS) is 16.0. The van der Waals surface area contributed by atoms with Crippen LogP contribution < -0.4 is 11.0 Å². The number of nitrogens with zero attached hydrogens (tertiary/aromatic N) is 3. The van der Waals surface area contributed by atoms with E-state index >= 15 is 0 Å². The van der Waals surface area contributed by atoms with Gasteiger partial charge in [-0.2, -0.15) is 0 Å². The monoisotopic (exact) mass is 311 g/mol. The number of aromatic amines is 1. The molecule has 2 aromatic heterocycles. The maximum absolute atomic E-state index is 12.3. The largest absolute Gasteiger partial charge is 0.508 e. The third-order valence-corrected chi connectivity index (χ3v) is 4.24. The van der Waals surface area contributed by atoms with Crippen molar-refractivity contribution in [3.05, 3.63) is 40.9 Å². The maximum atomic E-state index is 12.3. The first-order valence-corrected chi connectivity index (χ1v) is 7.70. The molecule has 1 aromatic carbocycles. The van der Waals surface area contributed by atoms with Crippen LogP contribution in [0.1, 0.15) is 18.9 Å². The molecule has 0 radical (unpaired) electrons. The van der Waals surface area contributed by atoms with E-state index in [0.29, 0.717) is 17.0 Å². The van der Waals surface area contributed by atoms with Gasteiger partial charge in [0, 0.05) is 11.6 Å². The van der Waals surface area contributed by atoms with Crippen molar-refractivity contribution in [1.82, 2.24) is 24.8 Å². The van der Waals surface area contributed by atoms with Crippen LogP contribution in [-0.4, -0.2) is 37.7 Å². The fourth-order valence-electron chi connectivity index (χ4n) is 3.10. The van der Waals surface area contributed by atoms with E-state index < -0.39 is 0 Å². The van der Waals surface area contributed by atoms with Crippen LogP contribution in [0.25, 0.3) is 22.6 Å². The number of phenols is 1. The van der Waals surface area contributed by atoms with E-state index in [1.165, 1.54) is 0 Å². The third kappa shape index (κ3) is 2.49. The van der Waals surface area contributed by atoms with Crippen molar-refractivity contribution in [3.63, 3.8) is 0 Å². The summed E-state index contributed by atoms with van der Waals surface area (Å²) in [6, 6.07) is 6.93. The molecular formula is C16H17N5O2. The van der Waals surface area contributed by atoms with Gasteiger partial charge in [-0.05, 0) is 38.1 Å². The number of H-pyrrole nitrogens is 1. The Hall–Kier alpha value is -2.67. The van der Waals surface area contributed by atoms with Gasteiger partial charge < -0.3 is 15.4 Å². The summed E-state index contributed by atoms with van der Waals surface area (Å²) in [4.78, 5) is 24.0. The topological polar surface area (TPSA) is 95.8 Å². The lowest BCUT2D eigenvalue weighted by Crippen LogP contribution is -2.33. The SMILES string of the molecule is O=c1[nH]c2cnc(-c3cccc(O)c3)nc2n1C1CCNCC1. The lowest BCUT2D eigenvalue weighted by molar-refractivity contribution is 0.367. The van der Waals surface area contributed by atoms with Crippen LogP contribution in [0.3, 0.4) is 0 Å². The summed E-state index contributed by atoms with van der Waals surface area (Å²) in [5, 5.41) is 12.9. The summed E-state index contributed by atoms with van der Waals surface area (Å²) in [5.74, 6) is 0.658. The minimum absolute atomic E-state index is 0.143. The molecule has 23 heavy (non-hydrogen) atoms. The summed E-state index contributed by atoms with van der Waals surface area (Å²) >= 11 is 0. The first-order valence-electron chi connectivity index (χ1n) is 7.70. The number of benzene rings is 1. The summed E-state index contributed by atoms with van der Waals surface area (Å²) in [6.07, 6.45) is 3.43. The maximum Gasteiger partial charge on any atom is 0.327 e. The molecule has 1 aliphatic rings. The Morgan fingerprint density at radius 1 is 1.26 bits per heavy atom. The Balaban J connectivity index is 1.85. The molecular weight excluding hydrogens is 294 g/mol. The Kier molecular flexibility index (Phi) is 3.34. The third-order valence-electron chi connectivity index (χ3n) is 4.24. The van der Waals surface area contributed by atoms with Gasteiger partial charge in [0.15, 0.2) is 11.5 Å². The van der Waals surface area contributed by atoms with Crippen molar-refractivity contribution in [2.75, 3.05) is 13.1 Å². The van der Waals surface area contributed by atoms with Crippen molar-refractivity contribution >= 4 is 11.2 Å². The highest BCUT2D eigenvalue weighted by Gasteiger charge is 2.21. The van der Waals surface area contributed by atoms with Crippen molar-refractivity contribution in [3.8, 4) is 17.1 Å². The van der Waals surface area contributed by atoms with Crippen LogP contribution in [0.2, 0.25) is 0 Å². The van der Waals surface area contributed by atoms with E-state index in [4.69, 9.17) is 0 Å². The summed E-state index contributed by atoms with van der Waals surface area (Å²) in [5.41, 5.74) is 1.83. The lowest BCUT2D eigenvalue weighted by atomic mass is 10.1. The van der Waals surface area contributed by atoms with E-state index in [0.717, 1.165) is 31.5 Å². The predicted molar refractivity (Wildman–Crippen MR) is 86.4 cm³/mol. The van der Waals surface area contributed by atoms with Gasteiger partial charge in [-0.25, -0.2) is 14.8 Å². The molecule has 7 nitrogen and oxygen atoms in total. The lowest BCUT2D eigenvalue weighted by Gasteiger charge is -2.23. The average Bonchev–Trinajstić information content (AvgIpc) is 2.90. The second kappa shape index (κ2) is 5.51. The Labute approximate surface area is 132 Å². The zero-order chi connectivity index (χ0) is 15.8. The van der Waals surface area contributed by atoms with Crippen LogP contribution in [0.4, 0.5) is 0 Å². The quantitative estimate of drug-likeness (QED) is 0.665. The molecule has 4 rings (SSSR count). The summed E-state index contributed by atoms with van der Waals surface area (Å²) in [6.45, 7) is 1.79. The molecule has 3 N–H and O–H groups in total. The number of imidazole rings is 1. The van der Waals surface area contributed by atoms with Gasteiger partial charge in [-0.15, -0.1) is 0 Å². The van der Waals surface area contributed by atoms with Gasteiger partial charge in [0.25, 0.3) is 0 Å². The van der Waals surface area contributed by atoms with Crippen molar-refractivity contribution in [1.29, 1.82) is 0 Å². The standard InChI is InChI=1S/C16H17N5O2/c22-12-3-1-2-10(8-12)14-18-9-13-15(20-14)21(16(23)19-13)11-4-6-17-7-5-11/h1-3,8-9,11,17,22H,4-7H2,(H,19,23). The second-order valence-corrected chi connectivity index (χ2v) is 5.76. The van der Waals surface area contributed by atoms with E-state index in [1.54, 1.807) is 29.0 Å². The van der Waals surface area contributed by atoms with Crippen molar-refractivity contribution in [2.45, 2.75) is 18.9 Å². The van der Waals surface area contributed by atoms with Gasteiger partial charge >= 0.3 is 5.69 Å². The van der Waals surface area contributed by atoms with Gasteiger partial charge in [0.2, 0.25) is 0 Å². The Bertz CT molecular complexity index is 908. The first kappa shape index (κ1) is 14.0. The molecule has 118 valence electrons. The predicted octanol–water partition coefficient (Wildman–Crippen LogP) is 1.42. The molecule has 0 bridgehead atoms. The second-order valence-electron chi connectivity index (χ2n) is 5.76. The number of nitrogens with one attached hydrogen (secondary N) is 2. The number of hydrogen-bond donors (Lipinski definition) is 3. The molecule has 0 spiro atoms. The zero-order valence-corrected chi connectivity index (χ0v) is 12.5. The molecule has 3 aromatic rings. The van der Waals surface area contributed by atoms with Crippen molar-refractivity contribution in [2.24, 2.45) is 0 Å². The number of rotatable bonds is 2. The molecule has 0 saturated carbocycles. The number of phenolic OH excluding ortho intramolecular Hbond substituents is 1. The molecule has 3 heterocycles. The van der Waals surface area contributed by atoms with E-state index in [9.17, 15) is 9.90 Å². The number of piperidine rings is 1. The number of aromatic hydroxyl groups is 1. The first-order chi connectivity index (χ1) is 11.2. The fourth-order valence-corrected chi connectivity index (χ4v) is 3.10. The molecule has 0 aliphatic carbocycles. The average molecular weight is 311 g/mol. The molecule has 1 fully saturated rings. The minimum atomic E-state index is -0.144. The number of aromatic nitrogens is 4. The highest BCUT2D eigenvalue weighted by molar-refractivity contribution is 5.73. The van der Waals surface area contributed by atoms with Gasteiger partial charge in [-0.1, -0.05) is 12.1 Å². The highest BCUT2D eigenvalue weighted by atomic mass is 16.3. The van der Waals surface area contributed by atoms with Crippen LogP contribution >= 0.6 is 0 Å². The summed E-state index contributed by atoms with van der Waals surface area (Å²) < 4.78 is 1.74. The van der Waals surface area contributed by atoms with E-state index in [-0.39, 0.29) is 17.5 Å². The molecule has 0 atom stereocenters. The van der Waals surface area contributed by atoms with Crippen LogP contribution in [0.15, 0.2) is 35.3 Å². The number of hydrogen-bond acceptors (Lipinski definition) is 5. The zero-order valence-electron chi connectivity index (χ0n) is 12.5. The van der Waals surface area contributed by atoms with Crippen LogP contribution in [0.5, 0.6) is 5.75 Å². The van der Waals surface area contributed by atoms with Gasteiger partial charge in [0.1, 0.15) is 11.3 Å². The molecule has 7 heteroatoms. The summed E-state index contributed by atoms with van der Waals surface area (Å²) in [7, 11) is 0. The van der Waals surface area contributed by atoms with E-state index in [2.05, 4.69) is 20.3 Å². The number of fused-ring (bicyclic) bond motifs is 1. The van der Waals surface area contributed by atoms with E-state index in [1.807, 2.05) is 6.07 Å². The highest BCUT2D eigenvalue weighted by Crippen LogP contribution is 2.24. The van der Waals surface area contributed by atoms with Crippen LogP contribution in [-0.2, 0) is 0 Å². The minimum Gasteiger partial charge on any atom is -0.508 e. The molecule has 0 unspecified atom stereocenters.